The summed E-state index contributed by atoms with van der Waals surface area (Å²) in [5, 5.41) is 0.505. The molecule has 204 valence electrons. The SMILES string of the molecule is COc1ccc(OC)c(C2CN(C(=O)c3cccc(Cl)c3)CC2C(=O)N2CCN(c3ccccc3C)CC2)c1. The van der Waals surface area contributed by atoms with Crippen molar-refractivity contribution in [3.05, 3.63) is 88.4 Å². The predicted octanol–water partition coefficient (Wildman–Crippen LogP) is 4.87. The van der Waals surface area contributed by atoms with Gasteiger partial charge in [0.15, 0.2) is 0 Å². The molecule has 5 rings (SSSR count). The minimum Gasteiger partial charge on any atom is -0.497 e. The van der Waals surface area contributed by atoms with Crippen molar-refractivity contribution in [1.82, 2.24) is 9.80 Å². The summed E-state index contributed by atoms with van der Waals surface area (Å²) >= 11 is 6.17. The Hall–Kier alpha value is -3.71. The molecule has 0 saturated carbocycles. The molecule has 2 amide bonds. The first-order valence-electron chi connectivity index (χ1n) is 13.3. The second-order valence-electron chi connectivity index (χ2n) is 10.1. The highest BCUT2D eigenvalue weighted by molar-refractivity contribution is 6.31. The quantitative estimate of drug-likeness (QED) is 0.440. The van der Waals surface area contributed by atoms with E-state index in [1.54, 1.807) is 43.4 Å². The predicted molar refractivity (Wildman–Crippen MR) is 153 cm³/mol. The van der Waals surface area contributed by atoms with E-state index in [0.29, 0.717) is 48.3 Å². The Morgan fingerprint density at radius 2 is 1.62 bits per heavy atom. The Morgan fingerprint density at radius 1 is 0.846 bits per heavy atom. The molecule has 0 aromatic heterocycles. The number of para-hydroxylation sites is 1. The lowest BCUT2D eigenvalue weighted by molar-refractivity contribution is -0.135. The zero-order chi connectivity index (χ0) is 27.5. The molecule has 2 aliphatic rings. The molecule has 2 fully saturated rings. The van der Waals surface area contributed by atoms with Gasteiger partial charge in [0, 0.05) is 67.0 Å². The first kappa shape index (κ1) is 26.9. The summed E-state index contributed by atoms with van der Waals surface area (Å²) in [6, 6.07) is 20.9. The van der Waals surface area contributed by atoms with Gasteiger partial charge in [-0.15, -0.1) is 0 Å². The smallest absolute Gasteiger partial charge is 0.253 e. The van der Waals surface area contributed by atoms with Gasteiger partial charge in [0.05, 0.1) is 20.1 Å². The highest BCUT2D eigenvalue weighted by atomic mass is 35.5. The van der Waals surface area contributed by atoms with Crippen molar-refractivity contribution in [1.29, 1.82) is 0 Å². The van der Waals surface area contributed by atoms with Crippen molar-refractivity contribution in [2.45, 2.75) is 12.8 Å². The van der Waals surface area contributed by atoms with Crippen molar-refractivity contribution >= 4 is 29.1 Å². The van der Waals surface area contributed by atoms with E-state index in [1.807, 2.05) is 29.2 Å². The maximum Gasteiger partial charge on any atom is 0.253 e. The van der Waals surface area contributed by atoms with Gasteiger partial charge in [-0.1, -0.05) is 35.9 Å². The fourth-order valence-corrected chi connectivity index (χ4v) is 5.98. The van der Waals surface area contributed by atoms with Gasteiger partial charge in [-0.3, -0.25) is 9.59 Å². The number of hydrogen-bond donors (Lipinski definition) is 0. The normalized spacial score (nSPS) is 19.2. The molecule has 8 heteroatoms. The number of amides is 2. The van der Waals surface area contributed by atoms with E-state index in [0.717, 1.165) is 18.7 Å². The maximum atomic E-state index is 14.1. The molecule has 39 heavy (non-hydrogen) atoms. The average molecular weight is 548 g/mol. The van der Waals surface area contributed by atoms with Crippen LogP contribution in [0.25, 0.3) is 0 Å². The number of carbonyl (C=O) groups excluding carboxylic acids is 2. The molecule has 2 atom stereocenters. The lowest BCUT2D eigenvalue weighted by atomic mass is 9.87. The minimum absolute atomic E-state index is 0.0655. The van der Waals surface area contributed by atoms with E-state index >= 15 is 0 Å². The van der Waals surface area contributed by atoms with Crippen LogP contribution in [0.4, 0.5) is 5.69 Å². The number of benzene rings is 3. The molecule has 0 spiro atoms. The number of rotatable bonds is 6. The van der Waals surface area contributed by atoms with Crippen LogP contribution in [0.15, 0.2) is 66.7 Å². The standard InChI is InChI=1S/C31H34ClN3O4/c1-21-7-4-5-10-28(21)33-13-15-34(16-14-33)31(37)27-20-35(30(36)22-8-6-9-23(32)17-22)19-26(27)25-18-24(38-2)11-12-29(25)39-3/h4-12,17-18,26-27H,13-16,19-20H2,1-3H3. The van der Waals surface area contributed by atoms with Crippen molar-refractivity contribution in [3.8, 4) is 11.5 Å². The zero-order valence-electron chi connectivity index (χ0n) is 22.6. The number of carbonyl (C=O) groups is 2. The summed E-state index contributed by atoms with van der Waals surface area (Å²) in [6.07, 6.45) is 0. The summed E-state index contributed by atoms with van der Waals surface area (Å²) < 4.78 is 11.2. The highest BCUT2D eigenvalue weighted by Crippen LogP contribution is 2.41. The summed E-state index contributed by atoms with van der Waals surface area (Å²) in [6.45, 7) is 5.63. The number of nitrogens with zero attached hydrogens (tertiary/aromatic N) is 3. The minimum atomic E-state index is -0.404. The van der Waals surface area contributed by atoms with Gasteiger partial charge in [0.25, 0.3) is 5.91 Å². The Kier molecular flexibility index (Phi) is 7.98. The van der Waals surface area contributed by atoms with Gasteiger partial charge in [0.1, 0.15) is 11.5 Å². The third-order valence-corrected chi connectivity index (χ3v) is 8.11. The van der Waals surface area contributed by atoms with Gasteiger partial charge in [-0.05, 0) is 55.0 Å². The van der Waals surface area contributed by atoms with Crippen LogP contribution in [0, 0.1) is 12.8 Å². The molecule has 7 nitrogen and oxygen atoms in total. The van der Waals surface area contributed by atoms with Crippen molar-refractivity contribution in [2.75, 3.05) is 58.4 Å². The van der Waals surface area contributed by atoms with Gasteiger partial charge >= 0.3 is 0 Å². The number of methoxy groups -OCH3 is 2. The van der Waals surface area contributed by atoms with E-state index in [9.17, 15) is 9.59 Å². The van der Waals surface area contributed by atoms with E-state index < -0.39 is 5.92 Å². The number of piperazine rings is 1. The first-order chi connectivity index (χ1) is 18.9. The second kappa shape index (κ2) is 11.6. The van der Waals surface area contributed by atoms with Gasteiger partial charge in [0.2, 0.25) is 5.91 Å². The monoisotopic (exact) mass is 547 g/mol. The number of aryl methyl sites for hydroxylation is 1. The fraction of sp³-hybridized carbons (Fsp3) is 0.355. The van der Waals surface area contributed by atoms with Crippen LogP contribution in [0.5, 0.6) is 11.5 Å². The molecule has 2 saturated heterocycles. The Balaban J connectivity index is 1.41. The van der Waals surface area contributed by atoms with Gasteiger partial charge < -0.3 is 24.2 Å². The van der Waals surface area contributed by atoms with Crippen LogP contribution < -0.4 is 14.4 Å². The topological polar surface area (TPSA) is 62.3 Å². The van der Waals surface area contributed by atoms with Crippen LogP contribution in [0.3, 0.4) is 0 Å². The molecular weight excluding hydrogens is 514 g/mol. The number of likely N-dealkylation sites (tertiary alicyclic amines) is 1. The molecule has 2 heterocycles. The third kappa shape index (κ3) is 5.55. The number of hydrogen-bond acceptors (Lipinski definition) is 5. The van der Waals surface area contributed by atoms with E-state index in [1.165, 1.54) is 11.3 Å². The molecular formula is C31H34ClN3O4. The molecule has 3 aromatic carbocycles. The molecule has 0 radical (unpaired) electrons. The van der Waals surface area contributed by atoms with Crippen LogP contribution in [0.1, 0.15) is 27.4 Å². The summed E-state index contributed by atoms with van der Waals surface area (Å²) in [4.78, 5) is 33.6. The van der Waals surface area contributed by atoms with E-state index in [4.69, 9.17) is 21.1 Å². The summed E-state index contributed by atoms with van der Waals surface area (Å²) in [5.41, 5.74) is 3.82. The van der Waals surface area contributed by atoms with Crippen molar-refractivity contribution in [2.24, 2.45) is 5.92 Å². The third-order valence-electron chi connectivity index (χ3n) is 7.88. The summed E-state index contributed by atoms with van der Waals surface area (Å²) in [5.74, 6) is 0.655. The highest BCUT2D eigenvalue weighted by Gasteiger charge is 2.44. The largest absolute Gasteiger partial charge is 0.497 e. The van der Waals surface area contributed by atoms with Gasteiger partial charge in [-0.25, -0.2) is 0 Å². The van der Waals surface area contributed by atoms with Crippen LogP contribution in [-0.2, 0) is 4.79 Å². The molecule has 3 aromatic rings. The zero-order valence-corrected chi connectivity index (χ0v) is 23.4. The van der Waals surface area contributed by atoms with Crippen LogP contribution >= 0.6 is 11.6 Å². The second-order valence-corrected chi connectivity index (χ2v) is 10.6. The molecule has 0 bridgehead atoms. The molecule has 2 unspecified atom stereocenters. The number of ether oxygens (including phenoxy) is 2. The Labute approximate surface area is 234 Å². The lowest BCUT2D eigenvalue weighted by Gasteiger charge is -2.38. The van der Waals surface area contributed by atoms with Crippen LogP contribution in [-0.4, -0.2) is 75.1 Å². The lowest BCUT2D eigenvalue weighted by Crippen LogP contribution is -2.51. The maximum absolute atomic E-state index is 14.1. The molecule has 0 N–H and O–H groups in total. The van der Waals surface area contributed by atoms with Gasteiger partial charge in [-0.2, -0.15) is 0 Å². The van der Waals surface area contributed by atoms with Crippen molar-refractivity contribution in [3.63, 3.8) is 0 Å². The Bertz CT molecular complexity index is 1360. The van der Waals surface area contributed by atoms with E-state index in [2.05, 4.69) is 30.0 Å². The number of halogens is 1. The average Bonchev–Trinajstić information content (AvgIpc) is 3.42. The fourth-order valence-electron chi connectivity index (χ4n) is 5.79. The molecule has 2 aliphatic heterocycles. The summed E-state index contributed by atoms with van der Waals surface area (Å²) in [7, 11) is 3.24. The van der Waals surface area contributed by atoms with Crippen LogP contribution in [0.2, 0.25) is 5.02 Å². The molecule has 0 aliphatic carbocycles. The number of anilines is 1. The van der Waals surface area contributed by atoms with Crippen molar-refractivity contribution < 1.29 is 19.1 Å². The Morgan fingerprint density at radius 3 is 2.31 bits per heavy atom. The van der Waals surface area contributed by atoms with E-state index in [-0.39, 0.29) is 17.7 Å². The first-order valence-corrected chi connectivity index (χ1v) is 13.6.